The van der Waals surface area contributed by atoms with Crippen molar-refractivity contribution < 1.29 is 18.7 Å². The fraction of sp³-hybridized carbons (Fsp3) is 0.333. The van der Waals surface area contributed by atoms with E-state index in [0.29, 0.717) is 24.4 Å². The van der Waals surface area contributed by atoms with E-state index in [2.05, 4.69) is 15.6 Å². The van der Waals surface area contributed by atoms with E-state index in [4.69, 9.17) is 11.6 Å². The van der Waals surface area contributed by atoms with E-state index in [9.17, 15) is 18.7 Å². The van der Waals surface area contributed by atoms with E-state index in [-0.39, 0.29) is 23.7 Å². The molecule has 0 bridgehead atoms. The summed E-state index contributed by atoms with van der Waals surface area (Å²) in [7, 11) is 0. The number of aliphatic imine (C=N–C) groups is 1. The van der Waals surface area contributed by atoms with Crippen LogP contribution in [0.15, 0.2) is 47.5 Å². The van der Waals surface area contributed by atoms with Gasteiger partial charge in [0.25, 0.3) is 5.91 Å². The Hall–Kier alpha value is -2.51. The van der Waals surface area contributed by atoms with Crippen LogP contribution in [0.1, 0.15) is 41.6 Å². The Morgan fingerprint density at radius 3 is 2.41 bits per heavy atom. The molecule has 8 heteroatoms. The summed E-state index contributed by atoms with van der Waals surface area (Å²) < 4.78 is 26.6. The van der Waals surface area contributed by atoms with Gasteiger partial charge in [-0.2, -0.15) is 4.99 Å². The van der Waals surface area contributed by atoms with Crippen LogP contribution >= 0.6 is 11.6 Å². The Morgan fingerprint density at radius 1 is 1.07 bits per heavy atom. The SMILES string of the molecule is O=C(/N=C(/NCc1ccc(Cl)cc1)N[C@H]1CC[C@H](O)CC1)c1ccc(F)c(F)c1. The maximum Gasteiger partial charge on any atom is 0.280 e. The molecule has 0 unspecified atom stereocenters. The lowest BCUT2D eigenvalue weighted by Crippen LogP contribution is -2.45. The van der Waals surface area contributed by atoms with Crippen molar-refractivity contribution in [2.24, 2.45) is 4.99 Å². The quantitative estimate of drug-likeness (QED) is 0.518. The standard InChI is InChI=1S/C21H22ClF2N3O2/c22-15-4-1-13(2-5-15)12-25-21(26-16-6-8-17(28)9-7-16)27-20(29)14-3-10-18(23)19(24)11-14/h1-5,10-11,16-17,28H,6-9,12H2,(H2,25,26,27,29)/t16-,17-. The highest BCUT2D eigenvalue weighted by Crippen LogP contribution is 2.18. The summed E-state index contributed by atoms with van der Waals surface area (Å²) in [4.78, 5) is 16.5. The molecule has 0 aliphatic heterocycles. The minimum absolute atomic E-state index is 0.0458. The molecule has 0 radical (unpaired) electrons. The highest BCUT2D eigenvalue weighted by atomic mass is 35.5. The zero-order chi connectivity index (χ0) is 20.8. The first-order valence-electron chi connectivity index (χ1n) is 9.41. The first-order chi connectivity index (χ1) is 13.9. The van der Waals surface area contributed by atoms with Crippen LogP contribution in [-0.4, -0.2) is 29.1 Å². The van der Waals surface area contributed by atoms with Gasteiger partial charge in [-0.25, -0.2) is 8.78 Å². The molecular formula is C21H22ClF2N3O2. The number of guanidine groups is 1. The summed E-state index contributed by atoms with van der Waals surface area (Å²) in [6, 6.07) is 10.2. The molecule has 1 aliphatic rings. The number of halogens is 3. The van der Waals surface area contributed by atoms with Crippen LogP contribution < -0.4 is 10.6 Å². The number of rotatable bonds is 4. The predicted octanol–water partition coefficient (Wildman–Crippen LogP) is 3.80. The molecule has 2 aromatic carbocycles. The lowest BCUT2D eigenvalue weighted by Gasteiger charge is -2.27. The van der Waals surface area contributed by atoms with Crippen LogP contribution in [0.4, 0.5) is 8.78 Å². The van der Waals surface area contributed by atoms with Crippen molar-refractivity contribution >= 4 is 23.5 Å². The number of carbonyl (C=O) groups excluding carboxylic acids is 1. The summed E-state index contributed by atoms with van der Waals surface area (Å²) in [5.74, 6) is -2.57. The van der Waals surface area contributed by atoms with E-state index < -0.39 is 17.5 Å². The second-order valence-corrected chi connectivity index (χ2v) is 7.46. The summed E-state index contributed by atoms with van der Waals surface area (Å²) in [6.45, 7) is 0.392. The minimum atomic E-state index is -1.10. The number of nitrogens with zero attached hydrogens (tertiary/aromatic N) is 1. The Bertz CT molecular complexity index is 882. The van der Waals surface area contributed by atoms with Gasteiger partial charge in [0, 0.05) is 23.2 Å². The average Bonchev–Trinajstić information content (AvgIpc) is 2.71. The van der Waals surface area contributed by atoms with Crippen LogP contribution in [0.3, 0.4) is 0 Å². The Labute approximate surface area is 172 Å². The van der Waals surface area contributed by atoms with Crippen LogP contribution in [0.25, 0.3) is 0 Å². The Balaban J connectivity index is 1.74. The maximum atomic E-state index is 13.4. The molecular weight excluding hydrogens is 400 g/mol. The zero-order valence-corrected chi connectivity index (χ0v) is 16.4. The number of nitrogens with one attached hydrogen (secondary N) is 2. The van der Waals surface area contributed by atoms with Crippen LogP contribution in [0.2, 0.25) is 5.02 Å². The van der Waals surface area contributed by atoms with Crippen LogP contribution in [0, 0.1) is 11.6 Å². The number of benzene rings is 2. The summed E-state index contributed by atoms with van der Waals surface area (Å²) >= 11 is 5.90. The molecule has 3 rings (SSSR count). The first-order valence-corrected chi connectivity index (χ1v) is 9.79. The van der Waals surface area contributed by atoms with E-state index in [1.165, 1.54) is 6.07 Å². The fourth-order valence-electron chi connectivity index (χ4n) is 3.12. The maximum absolute atomic E-state index is 13.4. The molecule has 0 atom stereocenters. The number of carbonyl (C=O) groups is 1. The molecule has 1 fully saturated rings. The molecule has 5 nitrogen and oxygen atoms in total. The third-order valence-corrected chi connectivity index (χ3v) is 5.04. The molecule has 1 amide bonds. The third kappa shape index (κ3) is 6.24. The first kappa shape index (κ1) is 21.2. The number of aliphatic hydroxyl groups excluding tert-OH is 1. The van der Waals surface area contributed by atoms with Crippen molar-refractivity contribution in [2.75, 3.05) is 0 Å². The van der Waals surface area contributed by atoms with Crippen molar-refractivity contribution in [3.05, 3.63) is 70.2 Å². The number of aliphatic hydroxyl groups is 1. The molecule has 29 heavy (non-hydrogen) atoms. The van der Waals surface area contributed by atoms with Crippen molar-refractivity contribution in [2.45, 2.75) is 44.4 Å². The van der Waals surface area contributed by atoms with Crippen molar-refractivity contribution in [3.8, 4) is 0 Å². The van der Waals surface area contributed by atoms with Gasteiger partial charge >= 0.3 is 0 Å². The second-order valence-electron chi connectivity index (χ2n) is 7.02. The Kier molecular flexibility index (Phi) is 7.17. The molecule has 1 saturated carbocycles. The van der Waals surface area contributed by atoms with Gasteiger partial charge in [0.15, 0.2) is 17.6 Å². The average molecular weight is 422 g/mol. The summed E-state index contributed by atoms with van der Waals surface area (Å²) in [5.41, 5.74) is 0.888. The molecule has 0 aromatic heterocycles. The molecule has 154 valence electrons. The molecule has 0 heterocycles. The molecule has 1 aliphatic carbocycles. The van der Waals surface area contributed by atoms with Crippen LogP contribution in [-0.2, 0) is 6.54 Å². The van der Waals surface area contributed by atoms with Gasteiger partial charge in [-0.3, -0.25) is 4.79 Å². The second kappa shape index (κ2) is 9.80. The summed E-state index contributed by atoms with van der Waals surface area (Å²) in [5, 5.41) is 16.6. The lowest BCUT2D eigenvalue weighted by atomic mass is 9.93. The van der Waals surface area contributed by atoms with E-state index >= 15 is 0 Å². The molecule has 3 N–H and O–H groups in total. The summed E-state index contributed by atoms with van der Waals surface area (Å²) in [6.07, 6.45) is 2.50. The normalized spacial score (nSPS) is 19.7. The van der Waals surface area contributed by atoms with Gasteiger partial charge in [-0.1, -0.05) is 23.7 Å². The van der Waals surface area contributed by atoms with Crippen LogP contribution in [0.5, 0.6) is 0 Å². The van der Waals surface area contributed by atoms with E-state index in [1.54, 1.807) is 12.1 Å². The molecule has 0 spiro atoms. The Morgan fingerprint density at radius 2 is 1.76 bits per heavy atom. The topological polar surface area (TPSA) is 73.7 Å². The number of hydrogen-bond acceptors (Lipinski definition) is 2. The predicted molar refractivity (Wildman–Crippen MR) is 108 cm³/mol. The molecule has 2 aromatic rings. The van der Waals surface area contributed by atoms with Crippen molar-refractivity contribution in [3.63, 3.8) is 0 Å². The monoisotopic (exact) mass is 421 g/mol. The number of hydrogen-bond donors (Lipinski definition) is 3. The van der Waals surface area contributed by atoms with Gasteiger partial charge in [-0.05, 0) is 61.6 Å². The van der Waals surface area contributed by atoms with E-state index in [1.807, 2.05) is 12.1 Å². The highest BCUT2D eigenvalue weighted by molar-refractivity contribution is 6.30. The minimum Gasteiger partial charge on any atom is -0.393 e. The fourth-order valence-corrected chi connectivity index (χ4v) is 3.25. The highest BCUT2D eigenvalue weighted by Gasteiger charge is 2.21. The molecule has 0 saturated heterocycles. The lowest BCUT2D eigenvalue weighted by molar-refractivity contribution is 0.1000. The van der Waals surface area contributed by atoms with E-state index in [0.717, 1.165) is 30.5 Å². The van der Waals surface area contributed by atoms with Crippen molar-refractivity contribution in [1.82, 2.24) is 10.6 Å². The van der Waals surface area contributed by atoms with Gasteiger partial charge in [-0.15, -0.1) is 0 Å². The van der Waals surface area contributed by atoms with Crippen molar-refractivity contribution in [1.29, 1.82) is 0 Å². The largest absolute Gasteiger partial charge is 0.393 e. The zero-order valence-electron chi connectivity index (χ0n) is 15.7. The third-order valence-electron chi connectivity index (χ3n) is 4.79. The number of amides is 1. The van der Waals surface area contributed by atoms with Gasteiger partial charge in [0.05, 0.1) is 6.10 Å². The smallest absolute Gasteiger partial charge is 0.280 e. The van der Waals surface area contributed by atoms with Gasteiger partial charge < -0.3 is 15.7 Å². The van der Waals surface area contributed by atoms with Gasteiger partial charge in [0.2, 0.25) is 0 Å². The van der Waals surface area contributed by atoms with Gasteiger partial charge in [0.1, 0.15) is 0 Å².